The van der Waals surface area contributed by atoms with Crippen LogP contribution in [0.2, 0.25) is 0 Å². The predicted octanol–water partition coefficient (Wildman–Crippen LogP) is 3.40. The van der Waals surface area contributed by atoms with Crippen molar-refractivity contribution in [2.45, 2.75) is 20.8 Å². The van der Waals surface area contributed by atoms with Crippen LogP contribution in [-0.2, 0) is 0 Å². The Balaban J connectivity index is 2.59. The SMILES string of the molecule is Cc1ccc(-n2cnc(I)c2)c(C)c1C. The molecule has 0 unspecified atom stereocenters. The quantitative estimate of drug-likeness (QED) is 0.738. The molecule has 0 aliphatic heterocycles. The molecule has 0 aliphatic carbocycles. The summed E-state index contributed by atoms with van der Waals surface area (Å²) in [5, 5.41) is 0. The average Bonchev–Trinajstić information content (AvgIpc) is 2.61. The van der Waals surface area contributed by atoms with E-state index in [-0.39, 0.29) is 0 Å². The number of hydrogen-bond donors (Lipinski definition) is 0. The first-order chi connectivity index (χ1) is 7.09. The van der Waals surface area contributed by atoms with Gasteiger partial charge in [-0.1, -0.05) is 6.07 Å². The van der Waals surface area contributed by atoms with Crippen molar-refractivity contribution in [2.75, 3.05) is 0 Å². The van der Waals surface area contributed by atoms with Crippen LogP contribution in [0.15, 0.2) is 24.7 Å². The molecular formula is C12H13IN2. The van der Waals surface area contributed by atoms with Crippen molar-refractivity contribution in [3.8, 4) is 5.69 Å². The number of aromatic nitrogens is 2. The van der Waals surface area contributed by atoms with Gasteiger partial charge in [-0.05, 0) is 66.1 Å². The van der Waals surface area contributed by atoms with Gasteiger partial charge in [0.05, 0.1) is 0 Å². The molecule has 2 nitrogen and oxygen atoms in total. The largest absolute Gasteiger partial charge is 0.305 e. The zero-order chi connectivity index (χ0) is 11.0. The first kappa shape index (κ1) is 10.7. The smallest absolute Gasteiger partial charge is 0.119 e. The molecular weight excluding hydrogens is 299 g/mol. The maximum atomic E-state index is 4.24. The van der Waals surface area contributed by atoms with Crippen molar-refractivity contribution in [1.29, 1.82) is 0 Å². The Morgan fingerprint density at radius 1 is 1.13 bits per heavy atom. The summed E-state index contributed by atoms with van der Waals surface area (Å²) >= 11 is 2.22. The number of hydrogen-bond acceptors (Lipinski definition) is 1. The Bertz CT molecular complexity index is 500. The first-order valence-electron chi connectivity index (χ1n) is 4.86. The molecule has 1 heterocycles. The molecule has 1 aromatic carbocycles. The molecule has 0 bridgehead atoms. The maximum Gasteiger partial charge on any atom is 0.119 e. The van der Waals surface area contributed by atoms with E-state index >= 15 is 0 Å². The van der Waals surface area contributed by atoms with Gasteiger partial charge in [0.25, 0.3) is 0 Å². The Hall–Kier alpha value is -0.840. The third-order valence-electron chi connectivity index (χ3n) is 2.86. The molecule has 1 aromatic heterocycles. The van der Waals surface area contributed by atoms with Crippen LogP contribution in [-0.4, -0.2) is 9.55 Å². The third-order valence-corrected chi connectivity index (χ3v) is 3.42. The molecule has 0 atom stereocenters. The second kappa shape index (κ2) is 3.96. The van der Waals surface area contributed by atoms with E-state index in [0.29, 0.717) is 0 Å². The number of benzene rings is 1. The number of nitrogens with zero attached hydrogens (tertiary/aromatic N) is 2. The first-order valence-corrected chi connectivity index (χ1v) is 5.94. The topological polar surface area (TPSA) is 17.8 Å². The zero-order valence-electron chi connectivity index (χ0n) is 9.08. The van der Waals surface area contributed by atoms with E-state index in [1.807, 2.05) is 12.5 Å². The van der Waals surface area contributed by atoms with Crippen LogP contribution in [0.4, 0.5) is 0 Å². The van der Waals surface area contributed by atoms with Gasteiger partial charge >= 0.3 is 0 Å². The van der Waals surface area contributed by atoms with Gasteiger partial charge in [-0.2, -0.15) is 0 Å². The number of aryl methyl sites for hydroxylation is 1. The standard InChI is InChI=1S/C12H13IN2/c1-8-4-5-11(10(3)9(8)2)15-6-12(13)14-7-15/h4-7H,1-3H3. The minimum absolute atomic E-state index is 1.02. The molecule has 0 amide bonds. The van der Waals surface area contributed by atoms with Crippen molar-refractivity contribution >= 4 is 22.6 Å². The summed E-state index contributed by atoms with van der Waals surface area (Å²) in [6, 6.07) is 4.31. The molecule has 15 heavy (non-hydrogen) atoms. The van der Waals surface area contributed by atoms with E-state index in [2.05, 4.69) is 65.0 Å². The average molecular weight is 312 g/mol. The Labute approximate surface area is 103 Å². The van der Waals surface area contributed by atoms with Crippen LogP contribution >= 0.6 is 22.6 Å². The van der Waals surface area contributed by atoms with Crippen LogP contribution in [0.1, 0.15) is 16.7 Å². The van der Waals surface area contributed by atoms with E-state index < -0.39 is 0 Å². The van der Waals surface area contributed by atoms with Gasteiger partial charge in [-0.25, -0.2) is 4.98 Å². The Morgan fingerprint density at radius 2 is 1.87 bits per heavy atom. The van der Waals surface area contributed by atoms with Crippen molar-refractivity contribution < 1.29 is 0 Å². The van der Waals surface area contributed by atoms with Crippen LogP contribution in [0, 0.1) is 24.5 Å². The van der Waals surface area contributed by atoms with Crippen LogP contribution in [0.5, 0.6) is 0 Å². The second-order valence-electron chi connectivity index (χ2n) is 3.76. The van der Waals surface area contributed by atoms with E-state index in [0.717, 1.165) is 3.70 Å². The highest BCUT2D eigenvalue weighted by Gasteiger charge is 2.05. The minimum Gasteiger partial charge on any atom is -0.305 e. The number of imidazole rings is 1. The van der Waals surface area contributed by atoms with Gasteiger partial charge < -0.3 is 4.57 Å². The van der Waals surface area contributed by atoms with Crippen LogP contribution in [0.3, 0.4) is 0 Å². The van der Waals surface area contributed by atoms with Crippen LogP contribution in [0.25, 0.3) is 5.69 Å². The van der Waals surface area contributed by atoms with Crippen molar-refractivity contribution in [1.82, 2.24) is 9.55 Å². The van der Waals surface area contributed by atoms with E-state index in [9.17, 15) is 0 Å². The predicted molar refractivity (Wildman–Crippen MR) is 70.5 cm³/mol. The molecule has 0 N–H and O–H groups in total. The van der Waals surface area contributed by atoms with E-state index in [1.54, 1.807) is 0 Å². The monoisotopic (exact) mass is 312 g/mol. The molecule has 0 spiro atoms. The molecule has 0 radical (unpaired) electrons. The summed E-state index contributed by atoms with van der Waals surface area (Å²) in [6.07, 6.45) is 3.90. The van der Waals surface area contributed by atoms with Gasteiger partial charge in [-0.3, -0.25) is 0 Å². The van der Waals surface area contributed by atoms with Gasteiger partial charge in [-0.15, -0.1) is 0 Å². The number of rotatable bonds is 1. The summed E-state index contributed by atoms with van der Waals surface area (Å²) < 4.78 is 3.09. The summed E-state index contributed by atoms with van der Waals surface area (Å²) in [5.74, 6) is 0. The highest BCUT2D eigenvalue weighted by Crippen LogP contribution is 2.21. The number of halogens is 1. The van der Waals surface area contributed by atoms with Gasteiger partial charge in [0.15, 0.2) is 0 Å². The molecule has 2 rings (SSSR count). The second-order valence-corrected chi connectivity index (χ2v) is 4.86. The minimum atomic E-state index is 1.02. The zero-order valence-corrected chi connectivity index (χ0v) is 11.2. The normalized spacial score (nSPS) is 10.7. The molecule has 3 heteroatoms. The molecule has 0 saturated carbocycles. The maximum absolute atomic E-state index is 4.24. The fourth-order valence-electron chi connectivity index (χ4n) is 1.65. The van der Waals surface area contributed by atoms with Crippen molar-refractivity contribution in [3.63, 3.8) is 0 Å². The van der Waals surface area contributed by atoms with Crippen molar-refractivity contribution in [3.05, 3.63) is 45.0 Å². The lowest BCUT2D eigenvalue weighted by atomic mass is 10.0. The Morgan fingerprint density at radius 3 is 2.47 bits per heavy atom. The Kier molecular flexibility index (Phi) is 2.82. The lowest BCUT2D eigenvalue weighted by Crippen LogP contribution is -1.97. The van der Waals surface area contributed by atoms with E-state index in [1.165, 1.54) is 22.4 Å². The summed E-state index contributed by atoms with van der Waals surface area (Å²) in [4.78, 5) is 4.24. The van der Waals surface area contributed by atoms with Crippen LogP contribution < -0.4 is 0 Å². The summed E-state index contributed by atoms with van der Waals surface area (Å²) in [6.45, 7) is 6.46. The third kappa shape index (κ3) is 1.93. The molecule has 2 aromatic rings. The highest BCUT2D eigenvalue weighted by atomic mass is 127. The molecule has 78 valence electrons. The molecule has 0 aliphatic rings. The fraction of sp³-hybridized carbons (Fsp3) is 0.250. The highest BCUT2D eigenvalue weighted by molar-refractivity contribution is 14.1. The van der Waals surface area contributed by atoms with Crippen molar-refractivity contribution in [2.24, 2.45) is 0 Å². The van der Waals surface area contributed by atoms with Gasteiger partial charge in [0.1, 0.15) is 10.0 Å². The van der Waals surface area contributed by atoms with Gasteiger partial charge in [0, 0.05) is 11.9 Å². The summed E-state index contributed by atoms with van der Waals surface area (Å²) in [7, 11) is 0. The van der Waals surface area contributed by atoms with E-state index in [4.69, 9.17) is 0 Å². The molecule has 0 fully saturated rings. The lowest BCUT2D eigenvalue weighted by molar-refractivity contribution is 1.03. The lowest BCUT2D eigenvalue weighted by Gasteiger charge is -2.11. The summed E-state index contributed by atoms with van der Waals surface area (Å²) in [5.41, 5.74) is 5.24. The van der Waals surface area contributed by atoms with Gasteiger partial charge in [0.2, 0.25) is 0 Å². The fourth-order valence-corrected chi connectivity index (χ4v) is 2.08. The molecule has 0 saturated heterocycles.